The zero-order chi connectivity index (χ0) is 8.43. The summed E-state index contributed by atoms with van der Waals surface area (Å²) in [6.45, 7) is 2.18. The topological polar surface area (TPSA) is 3.24 Å². The standard InChI is InChI=1S/C8H11Br2N/c1-3-8-7(10)4-6(9)5-11(8)2/h4-5,8H,3H2,1-2H3. The Kier molecular flexibility index (Phi) is 3.19. The predicted octanol–water partition coefficient (Wildman–Crippen LogP) is 3.23. The van der Waals surface area contributed by atoms with Gasteiger partial charge >= 0.3 is 0 Å². The van der Waals surface area contributed by atoms with Crippen molar-refractivity contribution in [3.05, 3.63) is 21.2 Å². The van der Waals surface area contributed by atoms with Gasteiger partial charge in [0.05, 0.1) is 6.04 Å². The second kappa shape index (κ2) is 3.76. The fourth-order valence-electron chi connectivity index (χ4n) is 1.23. The van der Waals surface area contributed by atoms with E-state index in [1.54, 1.807) is 0 Å². The Morgan fingerprint density at radius 2 is 2.18 bits per heavy atom. The number of hydrogen-bond acceptors (Lipinski definition) is 1. The van der Waals surface area contributed by atoms with Crippen molar-refractivity contribution in [3.63, 3.8) is 0 Å². The Bertz CT molecular complexity index is 208. The van der Waals surface area contributed by atoms with Gasteiger partial charge in [0.1, 0.15) is 0 Å². The molecule has 1 aliphatic heterocycles. The monoisotopic (exact) mass is 279 g/mol. The van der Waals surface area contributed by atoms with Crippen LogP contribution in [0, 0.1) is 0 Å². The molecule has 0 aromatic carbocycles. The van der Waals surface area contributed by atoms with Crippen LogP contribution in [0.1, 0.15) is 13.3 Å². The van der Waals surface area contributed by atoms with E-state index in [9.17, 15) is 0 Å². The molecule has 0 amide bonds. The van der Waals surface area contributed by atoms with Crippen LogP contribution in [0.2, 0.25) is 0 Å². The van der Waals surface area contributed by atoms with Gasteiger partial charge in [-0.05, 0) is 28.4 Å². The highest BCUT2D eigenvalue weighted by molar-refractivity contribution is 9.12. The van der Waals surface area contributed by atoms with E-state index in [1.165, 1.54) is 4.48 Å². The van der Waals surface area contributed by atoms with Crippen LogP contribution in [-0.2, 0) is 0 Å². The molecule has 1 rings (SSSR count). The first-order valence-corrected chi connectivity index (χ1v) is 5.20. The van der Waals surface area contributed by atoms with Crippen LogP contribution in [0.3, 0.4) is 0 Å². The third-order valence-corrected chi connectivity index (χ3v) is 2.99. The molecule has 62 valence electrons. The van der Waals surface area contributed by atoms with Crippen molar-refractivity contribution >= 4 is 31.9 Å². The molecular formula is C8H11Br2N. The summed E-state index contributed by atoms with van der Waals surface area (Å²) in [5.74, 6) is 0. The van der Waals surface area contributed by atoms with Crippen LogP contribution in [0.4, 0.5) is 0 Å². The zero-order valence-electron chi connectivity index (χ0n) is 6.64. The highest BCUT2D eigenvalue weighted by Gasteiger charge is 2.17. The average molecular weight is 281 g/mol. The van der Waals surface area contributed by atoms with Gasteiger partial charge in [-0.15, -0.1) is 0 Å². The summed E-state index contributed by atoms with van der Waals surface area (Å²) < 4.78 is 2.37. The number of allylic oxidation sites excluding steroid dienone is 2. The first-order chi connectivity index (χ1) is 5.15. The Hall–Kier alpha value is 0.240. The van der Waals surface area contributed by atoms with Crippen LogP contribution in [0.15, 0.2) is 21.2 Å². The highest BCUT2D eigenvalue weighted by Crippen LogP contribution is 2.27. The normalized spacial score (nSPS) is 24.7. The van der Waals surface area contributed by atoms with E-state index in [0.717, 1.165) is 10.9 Å². The van der Waals surface area contributed by atoms with Crippen LogP contribution in [-0.4, -0.2) is 18.0 Å². The average Bonchev–Trinajstić information content (AvgIpc) is 1.85. The number of hydrogen-bond donors (Lipinski definition) is 0. The Balaban J connectivity index is 2.82. The van der Waals surface area contributed by atoms with Crippen LogP contribution >= 0.6 is 31.9 Å². The van der Waals surface area contributed by atoms with Crippen molar-refractivity contribution < 1.29 is 0 Å². The fraction of sp³-hybridized carbons (Fsp3) is 0.500. The van der Waals surface area contributed by atoms with Gasteiger partial charge in [-0.25, -0.2) is 0 Å². The third-order valence-electron chi connectivity index (χ3n) is 1.80. The van der Waals surface area contributed by atoms with Crippen LogP contribution in [0.25, 0.3) is 0 Å². The lowest BCUT2D eigenvalue weighted by Crippen LogP contribution is -2.28. The minimum Gasteiger partial charge on any atom is -0.372 e. The summed E-state index contributed by atoms with van der Waals surface area (Å²) in [4.78, 5) is 2.20. The van der Waals surface area contributed by atoms with E-state index >= 15 is 0 Å². The quantitative estimate of drug-likeness (QED) is 0.713. The molecule has 0 N–H and O–H groups in total. The fourth-order valence-corrected chi connectivity index (χ4v) is 3.00. The van der Waals surface area contributed by atoms with Crippen LogP contribution in [0.5, 0.6) is 0 Å². The van der Waals surface area contributed by atoms with Crippen molar-refractivity contribution in [1.29, 1.82) is 0 Å². The van der Waals surface area contributed by atoms with Gasteiger partial charge in [-0.2, -0.15) is 0 Å². The van der Waals surface area contributed by atoms with Crippen molar-refractivity contribution in [2.75, 3.05) is 7.05 Å². The van der Waals surface area contributed by atoms with E-state index in [4.69, 9.17) is 0 Å². The molecular weight excluding hydrogens is 270 g/mol. The van der Waals surface area contributed by atoms with Crippen molar-refractivity contribution in [2.45, 2.75) is 19.4 Å². The lowest BCUT2D eigenvalue weighted by atomic mass is 10.1. The molecule has 0 bridgehead atoms. The van der Waals surface area contributed by atoms with Gasteiger partial charge in [0.15, 0.2) is 0 Å². The molecule has 1 unspecified atom stereocenters. The first kappa shape index (κ1) is 9.33. The molecule has 3 heteroatoms. The third kappa shape index (κ3) is 2.09. The molecule has 1 heterocycles. The largest absolute Gasteiger partial charge is 0.372 e. The smallest absolute Gasteiger partial charge is 0.0597 e. The second-order valence-corrected chi connectivity index (χ2v) is 4.46. The number of nitrogens with zero attached hydrogens (tertiary/aromatic N) is 1. The van der Waals surface area contributed by atoms with E-state index in [2.05, 4.69) is 63.0 Å². The van der Waals surface area contributed by atoms with Gasteiger partial charge in [0.25, 0.3) is 0 Å². The molecule has 0 saturated heterocycles. The zero-order valence-corrected chi connectivity index (χ0v) is 9.81. The molecule has 0 aliphatic carbocycles. The van der Waals surface area contributed by atoms with Gasteiger partial charge < -0.3 is 4.90 Å². The molecule has 0 radical (unpaired) electrons. The molecule has 0 spiro atoms. The maximum atomic E-state index is 3.54. The lowest BCUT2D eigenvalue weighted by Gasteiger charge is -2.29. The molecule has 1 atom stereocenters. The summed E-state index contributed by atoms with van der Waals surface area (Å²) in [5.41, 5.74) is 0. The number of rotatable bonds is 1. The van der Waals surface area contributed by atoms with E-state index in [-0.39, 0.29) is 0 Å². The molecule has 0 fully saturated rings. The molecule has 0 saturated carbocycles. The maximum absolute atomic E-state index is 3.54. The Morgan fingerprint density at radius 3 is 2.64 bits per heavy atom. The minimum atomic E-state index is 0.510. The summed E-state index contributed by atoms with van der Waals surface area (Å²) in [6, 6.07) is 0.510. The molecule has 0 aromatic rings. The number of halogens is 2. The van der Waals surface area contributed by atoms with Crippen molar-refractivity contribution in [3.8, 4) is 0 Å². The van der Waals surface area contributed by atoms with Gasteiger partial charge in [0.2, 0.25) is 0 Å². The SMILES string of the molecule is CCC1C(Br)=CC(Br)=CN1C. The summed E-state index contributed by atoms with van der Waals surface area (Å²) in [7, 11) is 2.09. The second-order valence-electron chi connectivity index (χ2n) is 2.63. The minimum absolute atomic E-state index is 0.510. The lowest BCUT2D eigenvalue weighted by molar-refractivity contribution is 0.367. The van der Waals surface area contributed by atoms with Crippen molar-refractivity contribution in [2.24, 2.45) is 0 Å². The van der Waals surface area contributed by atoms with E-state index in [0.29, 0.717) is 6.04 Å². The Morgan fingerprint density at radius 1 is 1.55 bits per heavy atom. The van der Waals surface area contributed by atoms with Gasteiger partial charge in [0, 0.05) is 22.2 Å². The van der Waals surface area contributed by atoms with Crippen molar-refractivity contribution in [1.82, 2.24) is 4.90 Å². The molecule has 1 nitrogen and oxygen atoms in total. The van der Waals surface area contributed by atoms with Gasteiger partial charge in [-0.1, -0.05) is 22.9 Å². The molecule has 1 aliphatic rings. The first-order valence-electron chi connectivity index (χ1n) is 3.61. The Labute approximate surface area is 84.4 Å². The highest BCUT2D eigenvalue weighted by atomic mass is 79.9. The van der Waals surface area contributed by atoms with Gasteiger partial charge in [-0.3, -0.25) is 0 Å². The maximum Gasteiger partial charge on any atom is 0.0597 e. The van der Waals surface area contributed by atoms with E-state index in [1.807, 2.05) is 0 Å². The summed E-state index contributed by atoms with van der Waals surface area (Å²) >= 11 is 6.98. The summed E-state index contributed by atoms with van der Waals surface area (Å²) in [6.07, 6.45) is 5.33. The summed E-state index contributed by atoms with van der Waals surface area (Å²) in [5, 5.41) is 0. The number of likely N-dealkylation sites (N-methyl/N-ethyl adjacent to an activating group) is 1. The molecule has 0 aromatic heterocycles. The van der Waals surface area contributed by atoms with Crippen LogP contribution < -0.4 is 0 Å². The predicted molar refractivity (Wildman–Crippen MR) is 55.9 cm³/mol. The van der Waals surface area contributed by atoms with E-state index < -0.39 is 0 Å². The molecule has 11 heavy (non-hydrogen) atoms.